The Bertz CT molecular complexity index is 3310. The second-order valence-electron chi connectivity index (χ2n) is 17.0. The van der Waals surface area contributed by atoms with Gasteiger partial charge in [-0.15, -0.1) is 0 Å². The monoisotopic (exact) mass is 759 g/mol. The Morgan fingerprint density at radius 3 is 1.64 bits per heavy atom. The molecule has 0 unspecified atom stereocenters. The summed E-state index contributed by atoms with van der Waals surface area (Å²) in [5.41, 5.74) is 16.3. The van der Waals surface area contributed by atoms with Gasteiger partial charge in [0.25, 0.3) is 0 Å². The lowest BCUT2D eigenvalue weighted by Gasteiger charge is -2.29. The highest BCUT2D eigenvalue weighted by molar-refractivity contribution is 5.91. The van der Waals surface area contributed by atoms with E-state index in [-0.39, 0.29) is 46.3 Å². The molecule has 0 atom stereocenters. The zero-order valence-corrected chi connectivity index (χ0v) is 33.7. The van der Waals surface area contributed by atoms with Gasteiger partial charge in [0.1, 0.15) is 0 Å². The third kappa shape index (κ3) is 5.60. The fourth-order valence-corrected chi connectivity index (χ4v) is 9.90. The van der Waals surface area contributed by atoms with E-state index < -0.39 is 0 Å². The van der Waals surface area contributed by atoms with Crippen LogP contribution in [0, 0.1) is 0 Å². The molecule has 0 aromatic heterocycles. The molecule has 11 rings (SSSR count). The maximum absolute atomic E-state index is 9.73. The average molecular weight is 760 g/mol. The lowest BCUT2D eigenvalue weighted by molar-refractivity contribution is 0.660. The van der Waals surface area contributed by atoms with Gasteiger partial charge in [-0.1, -0.05) is 179 Å². The van der Waals surface area contributed by atoms with Crippen LogP contribution in [0.4, 0.5) is 17.1 Å². The number of rotatable bonds is 6. The van der Waals surface area contributed by atoms with Crippen LogP contribution in [0.3, 0.4) is 0 Å². The average Bonchev–Trinajstić information content (AvgIpc) is 3.69. The minimum absolute atomic E-state index is 0.0844. The van der Waals surface area contributed by atoms with Gasteiger partial charge in [0.2, 0.25) is 0 Å². The van der Waals surface area contributed by atoms with Crippen LogP contribution in [0.1, 0.15) is 55.4 Å². The van der Waals surface area contributed by atoms with E-state index in [0.29, 0.717) is 5.56 Å². The van der Waals surface area contributed by atoms with E-state index in [9.17, 15) is 5.48 Å². The fourth-order valence-electron chi connectivity index (χ4n) is 9.90. The van der Waals surface area contributed by atoms with E-state index in [0.717, 1.165) is 50.0 Å². The molecule has 59 heavy (non-hydrogen) atoms. The predicted molar refractivity (Wildman–Crippen MR) is 250 cm³/mol. The van der Waals surface area contributed by atoms with Gasteiger partial charge >= 0.3 is 0 Å². The third-order valence-corrected chi connectivity index (χ3v) is 12.9. The Kier molecular flexibility index (Phi) is 7.01. The molecule has 0 bridgehead atoms. The van der Waals surface area contributed by atoms with Crippen LogP contribution in [-0.2, 0) is 10.8 Å². The van der Waals surface area contributed by atoms with E-state index in [1.165, 1.54) is 38.9 Å². The van der Waals surface area contributed by atoms with Gasteiger partial charge in [0.15, 0.2) is 0 Å². The molecule has 0 spiro atoms. The zero-order valence-electron chi connectivity index (χ0n) is 37.7. The minimum Gasteiger partial charge on any atom is -0.310 e. The van der Waals surface area contributed by atoms with Crippen molar-refractivity contribution in [3.63, 3.8) is 0 Å². The number of nitrogens with zero attached hydrogens (tertiary/aromatic N) is 1. The zero-order chi connectivity index (χ0) is 43.4. The molecule has 9 aromatic rings. The molecule has 0 radical (unpaired) electrons. The van der Waals surface area contributed by atoms with Crippen molar-refractivity contribution in [3.05, 3.63) is 222 Å². The summed E-state index contributed by atoms with van der Waals surface area (Å²) in [6.07, 6.45) is 0. The summed E-state index contributed by atoms with van der Waals surface area (Å²) in [7, 11) is 0. The van der Waals surface area contributed by atoms with Crippen LogP contribution in [0.25, 0.3) is 66.4 Å². The van der Waals surface area contributed by atoms with Gasteiger partial charge in [-0.2, -0.15) is 0 Å². The predicted octanol–water partition coefficient (Wildman–Crippen LogP) is 15.9. The summed E-state index contributed by atoms with van der Waals surface area (Å²) < 4.78 is 38.6. The molecule has 0 N–H and O–H groups in total. The van der Waals surface area contributed by atoms with Crippen LogP contribution >= 0.6 is 0 Å². The topological polar surface area (TPSA) is 3.24 Å². The molecule has 1 heteroatoms. The van der Waals surface area contributed by atoms with Gasteiger partial charge in [-0.3, -0.25) is 0 Å². The molecule has 2 aliphatic carbocycles. The number of hydrogen-bond acceptors (Lipinski definition) is 1. The van der Waals surface area contributed by atoms with E-state index in [2.05, 4.69) is 167 Å². The van der Waals surface area contributed by atoms with Crippen molar-refractivity contribution in [2.24, 2.45) is 0 Å². The first kappa shape index (κ1) is 31.1. The summed E-state index contributed by atoms with van der Waals surface area (Å²) in [5.74, 6) is 0. The van der Waals surface area contributed by atoms with Crippen molar-refractivity contribution in [2.45, 2.75) is 38.5 Å². The first-order chi connectivity index (χ1) is 30.4. The third-order valence-electron chi connectivity index (χ3n) is 12.9. The van der Waals surface area contributed by atoms with Gasteiger partial charge < -0.3 is 4.90 Å². The smallest absolute Gasteiger partial charge is 0.0645 e. The SMILES string of the molecule is [2H]c1c([2H])c(N(c2ccc(-c3cccc4c3C(C)(C)c3ccccc3-4)cc2)c2ccc3c(c2)C(C)(C)c2ccccc2-3)c([2H])c([2H])c1-c1cccc(-c2ccc3ccccc3c2)c1. The van der Waals surface area contributed by atoms with Gasteiger partial charge in [-0.05, 0) is 137 Å². The van der Waals surface area contributed by atoms with Crippen molar-refractivity contribution < 1.29 is 5.48 Å². The Morgan fingerprint density at radius 2 is 0.881 bits per heavy atom. The molecule has 282 valence electrons. The highest BCUT2D eigenvalue weighted by Crippen LogP contribution is 2.53. The van der Waals surface area contributed by atoms with Crippen LogP contribution < -0.4 is 4.90 Å². The molecular weight excluding hydrogens is 711 g/mol. The number of anilines is 3. The second-order valence-corrected chi connectivity index (χ2v) is 17.0. The molecule has 0 saturated heterocycles. The van der Waals surface area contributed by atoms with Gasteiger partial charge in [0, 0.05) is 27.9 Å². The van der Waals surface area contributed by atoms with Crippen molar-refractivity contribution in [2.75, 3.05) is 4.90 Å². The van der Waals surface area contributed by atoms with Crippen LogP contribution in [0.15, 0.2) is 200 Å². The molecule has 2 aliphatic rings. The molecule has 0 saturated carbocycles. The molecule has 0 aliphatic heterocycles. The maximum Gasteiger partial charge on any atom is 0.0645 e. The fraction of sp³-hybridized carbons (Fsp3) is 0.103. The molecule has 1 nitrogen and oxygen atoms in total. The highest BCUT2D eigenvalue weighted by atomic mass is 15.1. The largest absolute Gasteiger partial charge is 0.310 e. The molecule has 9 aromatic carbocycles. The van der Waals surface area contributed by atoms with E-state index in [4.69, 9.17) is 0 Å². The highest BCUT2D eigenvalue weighted by Gasteiger charge is 2.38. The van der Waals surface area contributed by atoms with Crippen LogP contribution in [0.2, 0.25) is 0 Å². The Labute approximate surface area is 353 Å². The van der Waals surface area contributed by atoms with E-state index >= 15 is 0 Å². The van der Waals surface area contributed by atoms with Crippen molar-refractivity contribution in [3.8, 4) is 55.6 Å². The van der Waals surface area contributed by atoms with Crippen LogP contribution in [0.5, 0.6) is 0 Å². The Morgan fingerprint density at radius 1 is 0.339 bits per heavy atom. The summed E-state index contributed by atoms with van der Waals surface area (Å²) in [4.78, 5) is 1.92. The van der Waals surface area contributed by atoms with Crippen molar-refractivity contribution in [1.82, 2.24) is 0 Å². The molecular formula is C58H45N. The molecule has 0 fully saturated rings. The van der Waals surface area contributed by atoms with Gasteiger partial charge in [-0.25, -0.2) is 0 Å². The van der Waals surface area contributed by atoms with E-state index in [1.807, 2.05) is 41.3 Å². The number of benzene rings is 9. The molecule has 0 heterocycles. The Balaban J connectivity index is 1.06. The van der Waals surface area contributed by atoms with Crippen molar-refractivity contribution >= 4 is 27.8 Å². The second kappa shape index (κ2) is 13.3. The quantitative estimate of drug-likeness (QED) is 0.163. The normalized spacial score (nSPS) is 15.0. The Hall–Kier alpha value is -6.96. The number of hydrogen-bond donors (Lipinski definition) is 0. The van der Waals surface area contributed by atoms with Crippen LogP contribution in [-0.4, -0.2) is 0 Å². The van der Waals surface area contributed by atoms with Gasteiger partial charge in [0.05, 0.1) is 5.48 Å². The van der Waals surface area contributed by atoms with E-state index in [1.54, 1.807) is 0 Å². The standard InChI is InChI=1S/C58H45N/c1-57(2)53-21-9-7-17-49(53)51-34-33-47(37-55(51)57)59(46-31-27-40(28-32-46)48-19-12-20-52-50-18-8-10-22-54(50)58(3,4)56(48)52)45-29-25-39(26-30-45)42-15-11-16-43(35-42)44-24-23-38-13-5-6-14-41(38)36-44/h5-37H,1-4H3/i25D,26D,29D,30D. The minimum atomic E-state index is -0.287. The summed E-state index contributed by atoms with van der Waals surface area (Å²) in [6, 6.07) is 60.6. The number of fused-ring (bicyclic) bond motifs is 7. The first-order valence-corrected chi connectivity index (χ1v) is 20.5. The maximum atomic E-state index is 9.73. The summed E-state index contributed by atoms with van der Waals surface area (Å²) >= 11 is 0. The summed E-state index contributed by atoms with van der Waals surface area (Å²) in [5, 5.41) is 2.28. The first-order valence-electron chi connectivity index (χ1n) is 22.5. The summed E-state index contributed by atoms with van der Waals surface area (Å²) in [6.45, 7) is 9.09. The van der Waals surface area contributed by atoms with Crippen molar-refractivity contribution in [1.29, 1.82) is 0 Å². The lowest BCUT2D eigenvalue weighted by Crippen LogP contribution is -2.16. The lowest BCUT2D eigenvalue weighted by atomic mass is 9.79. The molecule has 0 amide bonds.